The predicted octanol–water partition coefficient (Wildman–Crippen LogP) is 5.45. The number of aromatic nitrogens is 6. The largest absolute Gasteiger partial charge is 0.494 e. The van der Waals surface area contributed by atoms with E-state index in [0.717, 1.165) is 28.1 Å². The third-order valence-electron chi connectivity index (χ3n) is 3.89. The summed E-state index contributed by atoms with van der Waals surface area (Å²) in [4.78, 5) is 13.2. The van der Waals surface area contributed by atoms with Gasteiger partial charge >= 0.3 is 0 Å². The van der Waals surface area contributed by atoms with Crippen LogP contribution in [0, 0.1) is 0 Å². The summed E-state index contributed by atoms with van der Waals surface area (Å²) in [5.74, 6) is 1.23. The fourth-order valence-corrected chi connectivity index (χ4v) is 4.34. The molecule has 29 heavy (non-hydrogen) atoms. The van der Waals surface area contributed by atoms with Crippen LogP contribution >= 0.6 is 40.0 Å². The Labute approximate surface area is 188 Å². The third kappa shape index (κ3) is 4.46. The Kier molecular flexibility index (Phi) is 7.26. The second kappa shape index (κ2) is 9.69. The van der Waals surface area contributed by atoms with Crippen molar-refractivity contribution < 1.29 is 4.74 Å². The first-order valence-corrected chi connectivity index (χ1v) is 13.2. The maximum Gasteiger partial charge on any atom is 0.184 e. The summed E-state index contributed by atoms with van der Waals surface area (Å²) in [6.07, 6.45) is 3.89. The molecule has 1 aromatic carbocycles. The van der Waals surface area contributed by atoms with Gasteiger partial charge in [0, 0.05) is 13.1 Å². The van der Waals surface area contributed by atoms with Gasteiger partial charge in [-0.25, -0.2) is 15.0 Å². The summed E-state index contributed by atoms with van der Waals surface area (Å²) in [6.45, 7) is 4.00. The Hall–Kier alpha value is -1.97. The van der Waals surface area contributed by atoms with Crippen LogP contribution in [0.25, 0.3) is 22.6 Å². The van der Waals surface area contributed by atoms with E-state index in [1.807, 2.05) is 43.4 Å². The number of rotatable bonds is 5. The minimum atomic E-state index is 0.392. The molecule has 3 aromatic heterocycles. The highest BCUT2D eigenvalue weighted by Gasteiger charge is 2.17. The van der Waals surface area contributed by atoms with Crippen LogP contribution in [0.2, 0.25) is 5.15 Å². The van der Waals surface area contributed by atoms with Gasteiger partial charge in [0.05, 0.1) is 30.4 Å². The number of nitrogens with zero attached hydrogens (tertiary/aromatic N) is 6. The van der Waals surface area contributed by atoms with Gasteiger partial charge in [-0.1, -0.05) is 31.5 Å². The van der Waals surface area contributed by atoms with Crippen molar-refractivity contribution in [1.29, 1.82) is 0 Å². The fourth-order valence-electron chi connectivity index (χ4n) is 2.76. The number of hydrogen-bond donors (Lipinski definition) is 1. The van der Waals surface area contributed by atoms with E-state index in [0.29, 0.717) is 23.1 Å². The molecule has 4 aromatic rings. The lowest BCUT2D eigenvalue weighted by Gasteiger charge is -2.14. The maximum absolute atomic E-state index is 6.23. The third-order valence-corrected chi connectivity index (χ3v) is 6.16. The number of pyridine rings is 1. The molecule has 4 rings (SSSR count). The highest BCUT2D eigenvalue weighted by atomic mass is 127. The van der Waals surface area contributed by atoms with Crippen LogP contribution in [0.3, 0.4) is 0 Å². The number of hydrogen-bond acceptors (Lipinski definition) is 6. The van der Waals surface area contributed by atoms with E-state index in [2.05, 4.69) is 47.4 Å². The van der Waals surface area contributed by atoms with Crippen molar-refractivity contribution in [2.75, 3.05) is 12.4 Å². The van der Waals surface area contributed by atoms with Crippen LogP contribution in [0.1, 0.15) is 13.8 Å². The molecule has 0 spiro atoms. The van der Waals surface area contributed by atoms with Crippen molar-refractivity contribution in [3.05, 3.63) is 42.1 Å². The van der Waals surface area contributed by atoms with E-state index < -0.39 is 0 Å². The van der Waals surface area contributed by atoms with Crippen LogP contribution in [0.5, 0.6) is 5.75 Å². The molecule has 0 saturated heterocycles. The summed E-state index contributed by atoms with van der Waals surface area (Å²) < 4.78 is 9.26. The number of aryl methyl sites for hydroxylation is 1. The Bertz CT molecular complexity index is 1130. The van der Waals surface area contributed by atoms with Gasteiger partial charge in [0.2, 0.25) is 0 Å². The number of anilines is 2. The molecule has 8 nitrogen and oxygen atoms in total. The topological polar surface area (TPSA) is 82.7 Å². The van der Waals surface area contributed by atoms with Gasteiger partial charge in [0.15, 0.2) is 17.2 Å². The van der Waals surface area contributed by atoms with E-state index in [1.165, 1.54) is 0 Å². The first-order chi connectivity index (χ1) is 14.1. The van der Waals surface area contributed by atoms with Crippen LogP contribution < -0.4 is 10.1 Å². The average molecular weight is 544 g/mol. The van der Waals surface area contributed by atoms with Crippen LogP contribution in [0.15, 0.2) is 36.9 Å². The van der Waals surface area contributed by atoms with Crippen LogP contribution in [-0.2, 0) is 7.05 Å². The van der Waals surface area contributed by atoms with Gasteiger partial charge < -0.3 is 10.1 Å². The van der Waals surface area contributed by atoms with Gasteiger partial charge in [0.25, 0.3) is 0 Å². The van der Waals surface area contributed by atoms with E-state index in [9.17, 15) is 0 Å². The fraction of sp³-hybridized carbons (Fsp3) is 0.222. The van der Waals surface area contributed by atoms with E-state index in [4.69, 9.17) is 16.3 Å². The SMILES string of the molecule is CC.COc1c(Nc2cc(Cl)nc3c2ncn3PI)cccc1-c1ncn(C)n1. The molecule has 1 N–H and O–H groups in total. The number of para-hydroxylation sites is 1. The van der Waals surface area contributed by atoms with Crippen molar-refractivity contribution in [2.45, 2.75) is 13.8 Å². The minimum absolute atomic E-state index is 0.392. The Morgan fingerprint density at radius 3 is 2.62 bits per heavy atom. The number of halogens is 2. The zero-order valence-corrected chi connectivity index (χ0v) is 20.2. The molecule has 0 saturated carbocycles. The molecule has 1 unspecified atom stereocenters. The summed E-state index contributed by atoms with van der Waals surface area (Å²) >= 11 is 8.51. The minimum Gasteiger partial charge on any atom is -0.494 e. The summed E-state index contributed by atoms with van der Waals surface area (Å²) in [7, 11) is 3.44. The number of nitrogens with one attached hydrogen (secondary N) is 1. The van der Waals surface area contributed by atoms with E-state index in [-0.39, 0.29) is 0 Å². The van der Waals surface area contributed by atoms with Gasteiger partial charge in [0.1, 0.15) is 23.3 Å². The number of imidazole rings is 1. The smallest absolute Gasteiger partial charge is 0.184 e. The normalized spacial score (nSPS) is 11.0. The number of benzene rings is 1. The zero-order valence-electron chi connectivity index (χ0n) is 16.3. The molecule has 3 heterocycles. The summed E-state index contributed by atoms with van der Waals surface area (Å²) in [6, 6.07) is 7.51. The number of fused-ring (bicyclic) bond motifs is 1. The highest BCUT2D eigenvalue weighted by molar-refractivity contribution is 14.2. The molecule has 0 fully saturated rings. The van der Waals surface area contributed by atoms with Gasteiger partial charge in [-0.2, -0.15) is 5.10 Å². The standard InChI is InChI=1S/C16H14ClIN7OP.C2H6/c1-24-7-20-15(23-24)9-4-3-5-10(14(9)26-2)21-11-6-12(17)22-16-13(11)19-8-25(16)27-18;1-2/h3-8,27H,1-2H3,(H,21,22);1-2H3. The first-order valence-electron chi connectivity index (χ1n) is 8.81. The molecule has 0 amide bonds. The summed E-state index contributed by atoms with van der Waals surface area (Å²) in [5.41, 5.74) is 3.78. The maximum atomic E-state index is 6.23. The van der Waals surface area contributed by atoms with E-state index >= 15 is 0 Å². The van der Waals surface area contributed by atoms with Crippen LogP contribution in [0.4, 0.5) is 11.4 Å². The number of ether oxygens (including phenoxy) is 1. The van der Waals surface area contributed by atoms with Crippen molar-refractivity contribution >= 4 is 62.6 Å². The Balaban J connectivity index is 0.00000117. The first kappa shape index (κ1) is 21.7. The molecule has 0 bridgehead atoms. The molecule has 152 valence electrons. The molecule has 0 radical (unpaired) electrons. The number of methoxy groups -OCH3 is 1. The lowest BCUT2D eigenvalue weighted by Crippen LogP contribution is -1.99. The highest BCUT2D eigenvalue weighted by Crippen LogP contribution is 2.38. The molecular weight excluding hydrogens is 524 g/mol. The molecule has 0 aliphatic heterocycles. The van der Waals surface area contributed by atoms with Crippen molar-refractivity contribution in [3.63, 3.8) is 0 Å². The molecule has 1 atom stereocenters. The van der Waals surface area contributed by atoms with Gasteiger partial charge in [-0.15, -0.1) is 0 Å². The average Bonchev–Trinajstić information content (AvgIpc) is 3.35. The Morgan fingerprint density at radius 2 is 1.97 bits per heavy atom. The second-order valence-electron chi connectivity index (χ2n) is 5.62. The van der Waals surface area contributed by atoms with Crippen molar-refractivity contribution in [3.8, 4) is 17.1 Å². The Morgan fingerprint density at radius 1 is 1.17 bits per heavy atom. The quantitative estimate of drug-likeness (QED) is 0.205. The molecule has 0 aliphatic rings. The monoisotopic (exact) mass is 543 g/mol. The van der Waals surface area contributed by atoms with Gasteiger partial charge in [-0.3, -0.25) is 9.02 Å². The second-order valence-corrected chi connectivity index (χ2v) is 8.10. The van der Waals surface area contributed by atoms with Crippen molar-refractivity contribution in [2.24, 2.45) is 7.05 Å². The lowest BCUT2D eigenvalue weighted by atomic mass is 10.1. The van der Waals surface area contributed by atoms with Crippen LogP contribution in [-0.4, -0.2) is 36.2 Å². The molecular formula is C18H20ClIN7OP. The summed E-state index contributed by atoms with van der Waals surface area (Å²) in [5, 5.41) is 8.13. The van der Waals surface area contributed by atoms with E-state index in [1.54, 1.807) is 30.5 Å². The molecule has 11 heteroatoms. The molecule has 0 aliphatic carbocycles. The lowest BCUT2D eigenvalue weighted by molar-refractivity contribution is 0.418. The van der Waals surface area contributed by atoms with Gasteiger partial charge in [-0.05, 0) is 34.2 Å². The van der Waals surface area contributed by atoms with Crippen molar-refractivity contribution in [1.82, 2.24) is 29.1 Å². The predicted molar refractivity (Wildman–Crippen MR) is 128 cm³/mol. The zero-order chi connectivity index (χ0) is 21.0.